The summed E-state index contributed by atoms with van der Waals surface area (Å²) < 4.78 is 7.03. The van der Waals surface area contributed by atoms with Crippen LogP contribution < -0.4 is 15.8 Å². The maximum absolute atomic E-state index is 12.5. The van der Waals surface area contributed by atoms with Crippen molar-refractivity contribution in [2.24, 2.45) is 0 Å². The Morgan fingerprint density at radius 1 is 1.18 bits per heavy atom. The van der Waals surface area contributed by atoms with E-state index in [-0.39, 0.29) is 5.91 Å². The van der Waals surface area contributed by atoms with Crippen molar-refractivity contribution in [3.8, 4) is 5.75 Å². The number of carbonyl (C=O) groups excluding carboxylic acids is 1. The second-order valence-corrected chi connectivity index (χ2v) is 7.97. The third kappa shape index (κ3) is 4.06. The Kier molecular flexibility index (Phi) is 5.31. The van der Waals surface area contributed by atoms with Crippen molar-refractivity contribution in [3.63, 3.8) is 0 Å². The van der Waals surface area contributed by atoms with Gasteiger partial charge in [0.2, 0.25) is 0 Å². The Morgan fingerprint density at radius 3 is 2.79 bits per heavy atom. The van der Waals surface area contributed by atoms with Gasteiger partial charge >= 0.3 is 0 Å². The number of amides is 1. The molecule has 2 aromatic carbocycles. The summed E-state index contributed by atoms with van der Waals surface area (Å²) >= 11 is 6.38. The number of aromatic nitrogens is 5. The first-order valence-electron chi connectivity index (χ1n) is 10.2. The SMILES string of the molecule is COc1ccc(C(=O)NCc2cc3cc(Cl)cc(Cn4cnc5c(N)ncnc54)c3[nH]2)cc1. The number of anilines is 1. The molecule has 0 spiro atoms. The van der Waals surface area contributed by atoms with Crippen LogP contribution in [-0.4, -0.2) is 37.5 Å². The zero-order valence-corrected chi connectivity index (χ0v) is 18.4. The molecular weight excluding hydrogens is 442 g/mol. The van der Waals surface area contributed by atoms with Crippen LogP contribution in [0, 0.1) is 0 Å². The number of methoxy groups -OCH3 is 1. The van der Waals surface area contributed by atoms with E-state index in [9.17, 15) is 4.79 Å². The molecule has 0 aliphatic heterocycles. The second-order valence-electron chi connectivity index (χ2n) is 7.54. The number of nitrogens with two attached hydrogens (primary N) is 1. The van der Waals surface area contributed by atoms with Gasteiger partial charge in [0, 0.05) is 21.7 Å². The molecule has 0 saturated carbocycles. The van der Waals surface area contributed by atoms with Gasteiger partial charge in [-0.1, -0.05) is 11.6 Å². The van der Waals surface area contributed by atoms with E-state index in [1.54, 1.807) is 37.7 Å². The summed E-state index contributed by atoms with van der Waals surface area (Å²) in [5.41, 5.74) is 10.4. The Hall–Kier alpha value is -4.11. The monoisotopic (exact) mass is 461 g/mol. The second kappa shape index (κ2) is 8.44. The molecular formula is C23H20ClN7O2. The van der Waals surface area contributed by atoms with Gasteiger partial charge in [-0.15, -0.1) is 0 Å². The average Bonchev–Trinajstić information content (AvgIpc) is 3.42. The number of hydrogen-bond donors (Lipinski definition) is 3. The van der Waals surface area contributed by atoms with Gasteiger partial charge in [-0.25, -0.2) is 15.0 Å². The van der Waals surface area contributed by atoms with Crippen LogP contribution in [0.4, 0.5) is 5.82 Å². The molecule has 33 heavy (non-hydrogen) atoms. The predicted molar refractivity (Wildman–Crippen MR) is 126 cm³/mol. The summed E-state index contributed by atoms with van der Waals surface area (Å²) in [5, 5.41) is 4.50. The van der Waals surface area contributed by atoms with Gasteiger partial charge in [0.25, 0.3) is 5.91 Å². The largest absolute Gasteiger partial charge is 0.497 e. The molecule has 4 N–H and O–H groups in total. The highest BCUT2D eigenvalue weighted by atomic mass is 35.5. The van der Waals surface area contributed by atoms with Gasteiger partial charge < -0.3 is 25.3 Å². The maximum Gasteiger partial charge on any atom is 0.251 e. The topological polar surface area (TPSA) is 124 Å². The summed E-state index contributed by atoms with van der Waals surface area (Å²) in [6.45, 7) is 0.830. The molecule has 0 aliphatic rings. The van der Waals surface area contributed by atoms with E-state index in [1.165, 1.54) is 6.33 Å². The molecule has 10 heteroatoms. The number of benzene rings is 2. The van der Waals surface area contributed by atoms with Gasteiger partial charge in [0.15, 0.2) is 11.5 Å². The molecule has 0 atom stereocenters. The van der Waals surface area contributed by atoms with E-state index in [2.05, 4.69) is 25.3 Å². The lowest BCUT2D eigenvalue weighted by Gasteiger charge is -2.07. The van der Waals surface area contributed by atoms with Crippen molar-refractivity contribution in [1.82, 2.24) is 29.8 Å². The first-order valence-corrected chi connectivity index (χ1v) is 10.5. The molecule has 0 unspecified atom stereocenters. The van der Waals surface area contributed by atoms with Crippen molar-refractivity contribution in [3.05, 3.63) is 77.0 Å². The molecule has 5 aromatic rings. The predicted octanol–water partition coefficient (Wildman–Crippen LogP) is 3.53. The number of hydrogen-bond acceptors (Lipinski definition) is 6. The lowest BCUT2D eigenvalue weighted by molar-refractivity contribution is 0.0950. The Bertz CT molecular complexity index is 1470. The van der Waals surface area contributed by atoms with Crippen LogP contribution in [0.15, 0.2) is 55.1 Å². The molecule has 0 fully saturated rings. The highest BCUT2D eigenvalue weighted by Crippen LogP contribution is 2.26. The molecule has 0 aliphatic carbocycles. The minimum absolute atomic E-state index is 0.170. The van der Waals surface area contributed by atoms with E-state index in [0.717, 1.165) is 22.2 Å². The van der Waals surface area contributed by atoms with E-state index < -0.39 is 0 Å². The fourth-order valence-electron chi connectivity index (χ4n) is 3.77. The van der Waals surface area contributed by atoms with Crippen LogP contribution in [0.5, 0.6) is 5.75 Å². The summed E-state index contributed by atoms with van der Waals surface area (Å²) in [6, 6.07) is 12.7. The molecule has 3 heterocycles. The molecule has 9 nitrogen and oxygen atoms in total. The van der Waals surface area contributed by atoms with Crippen LogP contribution in [0.1, 0.15) is 21.6 Å². The van der Waals surface area contributed by atoms with Crippen molar-refractivity contribution in [1.29, 1.82) is 0 Å². The van der Waals surface area contributed by atoms with Gasteiger partial charge in [0.05, 0.1) is 32.0 Å². The Morgan fingerprint density at radius 2 is 2.00 bits per heavy atom. The number of ether oxygens (including phenoxy) is 1. The lowest BCUT2D eigenvalue weighted by Crippen LogP contribution is -2.22. The van der Waals surface area contributed by atoms with Gasteiger partial charge in [-0.2, -0.15) is 0 Å². The van der Waals surface area contributed by atoms with E-state index >= 15 is 0 Å². The minimum Gasteiger partial charge on any atom is -0.497 e. The summed E-state index contributed by atoms with van der Waals surface area (Å²) in [5.74, 6) is 0.868. The van der Waals surface area contributed by atoms with Gasteiger partial charge in [-0.05, 0) is 48.0 Å². The van der Waals surface area contributed by atoms with Crippen LogP contribution in [-0.2, 0) is 13.1 Å². The van der Waals surface area contributed by atoms with Crippen LogP contribution >= 0.6 is 11.6 Å². The number of halogens is 1. The number of nitrogen functional groups attached to an aromatic ring is 1. The van der Waals surface area contributed by atoms with Crippen LogP contribution in [0.25, 0.3) is 22.1 Å². The Balaban J connectivity index is 1.39. The number of carbonyl (C=O) groups is 1. The van der Waals surface area contributed by atoms with Crippen molar-refractivity contribution >= 4 is 45.4 Å². The number of aromatic amines is 1. The van der Waals surface area contributed by atoms with Crippen molar-refractivity contribution in [2.75, 3.05) is 12.8 Å². The highest BCUT2D eigenvalue weighted by molar-refractivity contribution is 6.31. The zero-order valence-electron chi connectivity index (χ0n) is 17.7. The summed E-state index contributed by atoms with van der Waals surface area (Å²) in [6.07, 6.45) is 3.10. The Labute approximate surface area is 193 Å². The van der Waals surface area contributed by atoms with Crippen molar-refractivity contribution < 1.29 is 9.53 Å². The summed E-state index contributed by atoms with van der Waals surface area (Å²) in [7, 11) is 1.59. The van der Waals surface area contributed by atoms with Gasteiger partial charge in [-0.3, -0.25) is 4.79 Å². The molecule has 0 bridgehead atoms. The summed E-state index contributed by atoms with van der Waals surface area (Å²) in [4.78, 5) is 28.5. The molecule has 0 radical (unpaired) electrons. The molecule has 1 amide bonds. The van der Waals surface area contributed by atoms with Crippen LogP contribution in [0.3, 0.4) is 0 Å². The minimum atomic E-state index is -0.170. The maximum atomic E-state index is 12.5. The smallest absolute Gasteiger partial charge is 0.251 e. The normalized spacial score (nSPS) is 11.2. The number of nitrogens with zero attached hydrogens (tertiary/aromatic N) is 4. The number of nitrogens with one attached hydrogen (secondary N) is 2. The lowest BCUT2D eigenvalue weighted by atomic mass is 10.1. The van der Waals surface area contributed by atoms with Gasteiger partial charge in [0.1, 0.15) is 17.6 Å². The fraction of sp³-hybridized carbons (Fsp3) is 0.130. The van der Waals surface area contributed by atoms with E-state index in [0.29, 0.717) is 46.4 Å². The molecule has 5 rings (SSSR count). The number of rotatable bonds is 6. The molecule has 0 saturated heterocycles. The first-order chi connectivity index (χ1) is 16.0. The highest BCUT2D eigenvalue weighted by Gasteiger charge is 2.13. The van der Waals surface area contributed by atoms with Crippen molar-refractivity contribution in [2.45, 2.75) is 13.1 Å². The number of imidazole rings is 1. The third-order valence-electron chi connectivity index (χ3n) is 5.39. The number of fused-ring (bicyclic) bond motifs is 2. The van der Waals surface area contributed by atoms with Crippen LogP contribution in [0.2, 0.25) is 5.02 Å². The third-order valence-corrected chi connectivity index (χ3v) is 5.61. The average molecular weight is 462 g/mol. The fourth-order valence-corrected chi connectivity index (χ4v) is 4.02. The van der Waals surface area contributed by atoms with E-state index in [1.807, 2.05) is 22.8 Å². The quantitative estimate of drug-likeness (QED) is 0.355. The van der Waals surface area contributed by atoms with E-state index in [4.69, 9.17) is 22.1 Å². The first kappa shape index (κ1) is 20.8. The standard InChI is InChI=1S/C23H20ClN7O2/c1-33-18-4-2-13(3-5-18)23(32)26-9-17-8-14-6-16(24)7-15(19(14)30-17)10-31-12-29-20-21(25)27-11-28-22(20)31/h2-8,11-12,30H,9-10H2,1H3,(H,26,32)(H2,25,27,28). The molecule has 166 valence electrons. The zero-order chi connectivity index (χ0) is 22.9. The number of H-pyrrole nitrogens is 1. The molecule has 3 aromatic heterocycles.